The van der Waals surface area contributed by atoms with E-state index in [-0.39, 0.29) is 0 Å². The number of aromatic nitrogens is 2. The van der Waals surface area contributed by atoms with E-state index in [0.717, 1.165) is 68.8 Å². The fraction of sp³-hybridized carbons (Fsp3) is 0.556. The summed E-state index contributed by atoms with van der Waals surface area (Å²) >= 11 is 0. The molecule has 128 valence electrons. The molecule has 1 aliphatic carbocycles. The van der Waals surface area contributed by atoms with Gasteiger partial charge in [-0.25, -0.2) is 4.98 Å². The Balaban J connectivity index is 1.52. The molecule has 2 fully saturated rings. The van der Waals surface area contributed by atoms with E-state index in [1.165, 1.54) is 5.69 Å². The number of benzene rings is 1. The SMILES string of the molecule is NC1CCC(Nc2cnc3ccc(N4CCOCC4)cc3n2)CC1. The van der Waals surface area contributed by atoms with Gasteiger partial charge in [-0.15, -0.1) is 0 Å². The molecular weight excluding hydrogens is 302 g/mol. The van der Waals surface area contributed by atoms with Gasteiger partial charge in [0, 0.05) is 30.9 Å². The van der Waals surface area contributed by atoms with Gasteiger partial charge >= 0.3 is 0 Å². The first-order valence-corrected chi connectivity index (χ1v) is 8.89. The van der Waals surface area contributed by atoms with Crippen LogP contribution < -0.4 is 16.0 Å². The molecule has 24 heavy (non-hydrogen) atoms. The van der Waals surface area contributed by atoms with Crippen LogP contribution in [0.2, 0.25) is 0 Å². The lowest BCUT2D eigenvalue weighted by atomic mass is 9.92. The van der Waals surface area contributed by atoms with Gasteiger partial charge in [0.05, 0.1) is 30.4 Å². The molecule has 6 nitrogen and oxygen atoms in total. The lowest BCUT2D eigenvalue weighted by molar-refractivity contribution is 0.122. The predicted octanol–water partition coefficient (Wildman–Crippen LogP) is 2.15. The number of nitrogens with two attached hydrogens (primary N) is 1. The number of hydrogen-bond acceptors (Lipinski definition) is 6. The van der Waals surface area contributed by atoms with E-state index in [1.807, 2.05) is 6.20 Å². The summed E-state index contributed by atoms with van der Waals surface area (Å²) in [5.74, 6) is 0.863. The Morgan fingerprint density at radius 1 is 1.08 bits per heavy atom. The van der Waals surface area contributed by atoms with Crippen molar-refractivity contribution in [1.29, 1.82) is 0 Å². The van der Waals surface area contributed by atoms with Crippen LogP contribution in [0, 0.1) is 0 Å². The maximum Gasteiger partial charge on any atom is 0.145 e. The van der Waals surface area contributed by atoms with Gasteiger partial charge < -0.3 is 20.7 Å². The third-order valence-electron chi connectivity index (χ3n) is 5.03. The van der Waals surface area contributed by atoms with Gasteiger partial charge in [-0.05, 0) is 43.9 Å². The molecule has 0 unspecified atom stereocenters. The molecule has 2 heterocycles. The molecule has 4 rings (SSSR count). The number of rotatable bonds is 3. The molecule has 2 aliphatic rings. The molecule has 1 saturated heterocycles. The van der Waals surface area contributed by atoms with E-state index < -0.39 is 0 Å². The highest BCUT2D eigenvalue weighted by Crippen LogP contribution is 2.24. The maximum atomic E-state index is 5.98. The van der Waals surface area contributed by atoms with Gasteiger partial charge in [0.25, 0.3) is 0 Å². The van der Waals surface area contributed by atoms with Crippen LogP contribution >= 0.6 is 0 Å². The summed E-state index contributed by atoms with van der Waals surface area (Å²) in [6.07, 6.45) is 6.22. The first-order chi connectivity index (χ1) is 11.8. The van der Waals surface area contributed by atoms with Crippen LogP contribution in [0.4, 0.5) is 11.5 Å². The van der Waals surface area contributed by atoms with Crippen LogP contribution in [0.1, 0.15) is 25.7 Å². The molecule has 0 amide bonds. The van der Waals surface area contributed by atoms with E-state index >= 15 is 0 Å². The second-order valence-corrected chi connectivity index (χ2v) is 6.78. The number of ether oxygens (including phenoxy) is 1. The summed E-state index contributed by atoms with van der Waals surface area (Å²) in [6.45, 7) is 3.43. The van der Waals surface area contributed by atoms with Crippen LogP contribution in [0.3, 0.4) is 0 Å². The fourth-order valence-corrected chi connectivity index (χ4v) is 3.56. The zero-order valence-electron chi connectivity index (χ0n) is 13.9. The minimum absolute atomic E-state index is 0.363. The molecule has 0 spiro atoms. The Labute approximate surface area is 142 Å². The van der Waals surface area contributed by atoms with Gasteiger partial charge in [0.1, 0.15) is 5.82 Å². The predicted molar refractivity (Wildman–Crippen MR) is 96.4 cm³/mol. The lowest BCUT2D eigenvalue weighted by Crippen LogP contribution is -2.36. The molecule has 1 aliphatic heterocycles. The number of nitrogens with one attached hydrogen (secondary N) is 1. The monoisotopic (exact) mass is 327 g/mol. The summed E-state index contributed by atoms with van der Waals surface area (Å²) in [7, 11) is 0. The van der Waals surface area contributed by atoms with Crippen molar-refractivity contribution in [1.82, 2.24) is 9.97 Å². The highest BCUT2D eigenvalue weighted by molar-refractivity contribution is 5.80. The first kappa shape index (κ1) is 15.6. The topological polar surface area (TPSA) is 76.3 Å². The Morgan fingerprint density at radius 3 is 2.67 bits per heavy atom. The number of anilines is 2. The minimum atomic E-state index is 0.363. The molecule has 6 heteroatoms. The van der Waals surface area contributed by atoms with Crippen molar-refractivity contribution in [2.75, 3.05) is 36.5 Å². The third-order valence-corrected chi connectivity index (χ3v) is 5.03. The molecular formula is C18H25N5O. The zero-order valence-corrected chi connectivity index (χ0v) is 13.9. The van der Waals surface area contributed by atoms with Crippen LogP contribution in [-0.2, 0) is 4.74 Å². The Kier molecular flexibility index (Phi) is 4.49. The molecule has 1 aromatic heterocycles. The normalized spacial score (nSPS) is 25.0. The van der Waals surface area contributed by atoms with Crippen molar-refractivity contribution in [3.05, 3.63) is 24.4 Å². The zero-order chi connectivity index (χ0) is 16.4. The van der Waals surface area contributed by atoms with Gasteiger partial charge in [0.2, 0.25) is 0 Å². The van der Waals surface area contributed by atoms with Crippen LogP contribution in [0.25, 0.3) is 11.0 Å². The van der Waals surface area contributed by atoms with Crippen molar-refractivity contribution in [2.24, 2.45) is 5.73 Å². The second-order valence-electron chi connectivity index (χ2n) is 6.78. The Hall–Kier alpha value is -1.92. The quantitative estimate of drug-likeness (QED) is 0.899. The number of fused-ring (bicyclic) bond motifs is 1. The third kappa shape index (κ3) is 3.44. The Morgan fingerprint density at radius 2 is 1.88 bits per heavy atom. The molecule has 0 radical (unpaired) electrons. The number of nitrogens with zero attached hydrogens (tertiary/aromatic N) is 3. The smallest absolute Gasteiger partial charge is 0.145 e. The van der Waals surface area contributed by atoms with Crippen LogP contribution in [0.15, 0.2) is 24.4 Å². The molecule has 1 aromatic carbocycles. The number of hydrogen-bond donors (Lipinski definition) is 2. The van der Waals surface area contributed by atoms with Crippen molar-refractivity contribution in [3.63, 3.8) is 0 Å². The van der Waals surface area contributed by atoms with Gasteiger partial charge in [-0.2, -0.15) is 0 Å². The van der Waals surface area contributed by atoms with Crippen LogP contribution in [-0.4, -0.2) is 48.4 Å². The van der Waals surface area contributed by atoms with E-state index in [0.29, 0.717) is 12.1 Å². The van der Waals surface area contributed by atoms with Crippen LogP contribution in [0.5, 0.6) is 0 Å². The fourth-order valence-electron chi connectivity index (χ4n) is 3.56. The summed E-state index contributed by atoms with van der Waals surface area (Å²) in [4.78, 5) is 11.7. The van der Waals surface area contributed by atoms with E-state index in [9.17, 15) is 0 Å². The summed E-state index contributed by atoms with van der Waals surface area (Å²) < 4.78 is 5.43. The summed E-state index contributed by atoms with van der Waals surface area (Å²) in [6, 6.07) is 7.13. The summed E-state index contributed by atoms with van der Waals surface area (Å²) in [5, 5.41) is 3.53. The standard InChI is InChI=1S/C18H25N5O/c19-13-1-3-14(4-2-13)21-18-12-20-16-6-5-15(11-17(16)22-18)23-7-9-24-10-8-23/h5-6,11-14H,1-4,7-10,19H2,(H,21,22). The largest absolute Gasteiger partial charge is 0.378 e. The van der Waals surface area contributed by atoms with E-state index in [1.54, 1.807) is 0 Å². The first-order valence-electron chi connectivity index (χ1n) is 8.89. The molecule has 0 bridgehead atoms. The van der Waals surface area contributed by atoms with Crippen molar-refractivity contribution < 1.29 is 4.74 Å². The molecule has 3 N–H and O–H groups in total. The minimum Gasteiger partial charge on any atom is -0.378 e. The average Bonchev–Trinajstić information content (AvgIpc) is 2.64. The van der Waals surface area contributed by atoms with Crippen molar-refractivity contribution in [2.45, 2.75) is 37.8 Å². The lowest BCUT2D eigenvalue weighted by Gasteiger charge is -2.29. The molecule has 0 atom stereocenters. The maximum absolute atomic E-state index is 5.98. The Bertz CT molecular complexity index is 693. The van der Waals surface area contributed by atoms with Crippen molar-refractivity contribution in [3.8, 4) is 0 Å². The average molecular weight is 327 g/mol. The highest BCUT2D eigenvalue weighted by Gasteiger charge is 2.19. The summed E-state index contributed by atoms with van der Waals surface area (Å²) in [5.41, 5.74) is 9.05. The van der Waals surface area contributed by atoms with Gasteiger partial charge in [0.15, 0.2) is 0 Å². The van der Waals surface area contributed by atoms with Gasteiger partial charge in [-0.3, -0.25) is 4.98 Å². The van der Waals surface area contributed by atoms with Crippen molar-refractivity contribution >= 4 is 22.5 Å². The second kappa shape index (κ2) is 6.91. The van der Waals surface area contributed by atoms with E-state index in [2.05, 4.69) is 33.4 Å². The number of morpholine rings is 1. The molecule has 1 saturated carbocycles. The highest BCUT2D eigenvalue weighted by atomic mass is 16.5. The van der Waals surface area contributed by atoms with E-state index in [4.69, 9.17) is 15.5 Å². The molecule has 2 aromatic rings. The van der Waals surface area contributed by atoms with Gasteiger partial charge in [-0.1, -0.05) is 0 Å².